The van der Waals surface area contributed by atoms with Crippen LogP contribution < -0.4 is 14.5 Å². The van der Waals surface area contributed by atoms with Crippen molar-refractivity contribution < 1.29 is 40.3 Å². The van der Waals surface area contributed by atoms with Crippen LogP contribution in [0.25, 0.3) is 0 Å². The smallest absolute Gasteiger partial charge is 0.249 e. The molecule has 56 heavy (non-hydrogen) atoms. The van der Waals surface area contributed by atoms with Gasteiger partial charge in [-0.2, -0.15) is 4.31 Å². The van der Waals surface area contributed by atoms with Crippen molar-refractivity contribution in [3.63, 3.8) is 0 Å². The third kappa shape index (κ3) is 8.18. The first kappa shape index (κ1) is 39.1. The standard InChI is InChI=1S/C43H41F4N3O5S/c1-3-28-9-5-6-10-32(28)25-49(56(53,54)43-36(45)23-35(44)40(46)41(43)47)26-39(51)50(37-16-15-31(22-38(37)55-4-2)42(52)30-13-14-30)24-27-19-33(29-11-12-29)21-34(20-27)48-17-7-8-18-48/h1,5-6,9-10,15-16,19-23,29-30H,4,7-8,11-14,17-18,24-26H2,2H3. The van der Waals surface area contributed by atoms with Crippen LogP contribution in [0.5, 0.6) is 5.75 Å². The van der Waals surface area contributed by atoms with Crippen LogP contribution in [0.1, 0.15) is 84.0 Å². The van der Waals surface area contributed by atoms with E-state index in [0.717, 1.165) is 68.4 Å². The van der Waals surface area contributed by atoms with E-state index in [1.165, 1.54) is 17.0 Å². The van der Waals surface area contributed by atoms with Gasteiger partial charge in [0.05, 0.1) is 25.4 Å². The molecule has 13 heteroatoms. The fraction of sp³-hybridized carbons (Fsp3) is 0.349. The molecular weight excluding hydrogens is 747 g/mol. The lowest BCUT2D eigenvalue weighted by atomic mass is 10.0. The zero-order valence-electron chi connectivity index (χ0n) is 30.9. The van der Waals surface area contributed by atoms with Crippen molar-refractivity contribution in [3.05, 3.63) is 118 Å². The third-order valence-corrected chi connectivity index (χ3v) is 12.3. The highest BCUT2D eigenvalue weighted by atomic mass is 32.2. The average Bonchev–Trinajstić information content (AvgIpc) is 4.14. The van der Waals surface area contributed by atoms with Gasteiger partial charge >= 0.3 is 0 Å². The van der Waals surface area contributed by atoms with Gasteiger partial charge in [0.2, 0.25) is 15.9 Å². The van der Waals surface area contributed by atoms with Gasteiger partial charge in [0.1, 0.15) is 11.6 Å². The molecule has 1 saturated heterocycles. The second-order valence-corrected chi connectivity index (χ2v) is 16.4. The SMILES string of the molecule is C#Cc1ccccc1CN(CC(=O)N(Cc1cc(C2CC2)cc(N2CCCC2)c1)c1ccc(C(=O)C2CC2)cc1OCC)S(=O)(=O)c1c(F)cc(F)c(F)c1F. The van der Waals surface area contributed by atoms with Gasteiger partial charge in [-0.05, 0) is 104 Å². The Morgan fingerprint density at radius 1 is 0.893 bits per heavy atom. The molecule has 4 aromatic carbocycles. The minimum Gasteiger partial charge on any atom is -0.492 e. The Bertz CT molecular complexity index is 2330. The van der Waals surface area contributed by atoms with Crippen molar-refractivity contribution >= 4 is 33.1 Å². The molecule has 1 heterocycles. The number of Topliss-reactive ketones (excluding diaryl/α,β-unsaturated/α-hetero) is 1. The number of carbonyl (C=O) groups is 2. The number of hydrogen-bond acceptors (Lipinski definition) is 6. The molecule has 0 spiro atoms. The predicted octanol–water partition coefficient (Wildman–Crippen LogP) is 8.12. The fourth-order valence-electron chi connectivity index (χ4n) is 7.20. The zero-order chi connectivity index (χ0) is 39.7. The number of terminal acetylenes is 1. The lowest BCUT2D eigenvalue weighted by Gasteiger charge is -2.30. The number of ketones is 1. The molecule has 0 bridgehead atoms. The van der Waals surface area contributed by atoms with E-state index in [1.54, 1.807) is 37.3 Å². The Kier molecular flexibility index (Phi) is 11.2. The van der Waals surface area contributed by atoms with Crippen LogP contribution in [0.4, 0.5) is 28.9 Å². The molecule has 0 N–H and O–H groups in total. The highest BCUT2D eigenvalue weighted by Gasteiger charge is 2.38. The number of sulfonamides is 1. The molecule has 1 aliphatic heterocycles. The summed E-state index contributed by atoms with van der Waals surface area (Å²) >= 11 is 0. The number of ether oxygens (including phenoxy) is 1. The molecular formula is C43H41F4N3O5S. The molecule has 0 atom stereocenters. The van der Waals surface area contributed by atoms with Gasteiger partial charge in [0.15, 0.2) is 28.1 Å². The topological polar surface area (TPSA) is 87.2 Å². The molecule has 292 valence electrons. The molecule has 1 amide bonds. The molecule has 0 unspecified atom stereocenters. The summed E-state index contributed by atoms with van der Waals surface area (Å²) in [4.78, 5) is 29.8. The third-order valence-electron chi connectivity index (χ3n) is 10.4. The molecule has 2 aliphatic carbocycles. The first-order chi connectivity index (χ1) is 26.9. The molecule has 0 aromatic heterocycles. The van der Waals surface area contributed by atoms with E-state index in [0.29, 0.717) is 15.8 Å². The van der Waals surface area contributed by atoms with Gasteiger partial charge in [-0.15, -0.1) is 6.42 Å². The Morgan fingerprint density at radius 3 is 2.30 bits per heavy atom. The molecule has 7 rings (SSSR count). The van der Waals surface area contributed by atoms with Crippen LogP contribution in [0.15, 0.2) is 71.6 Å². The Morgan fingerprint density at radius 2 is 1.62 bits per heavy atom. The summed E-state index contributed by atoms with van der Waals surface area (Å²) in [7, 11) is -5.40. The lowest BCUT2D eigenvalue weighted by Crippen LogP contribution is -2.43. The molecule has 0 radical (unpaired) electrons. The summed E-state index contributed by atoms with van der Waals surface area (Å²) in [5, 5.41) is 0. The van der Waals surface area contributed by atoms with Gasteiger partial charge < -0.3 is 14.5 Å². The fourth-order valence-corrected chi connectivity index (χ4v) is 8.67. The van der Waals surface area contributed by atoms with Crippen LogP contribution in [0.3, 0.4) is 0 Å². The van der Waals surface area contributed by atoms with E-state index < -0.39 is 57.2 Å². The second kappa shape index (κ2) is 16.1. The second-order valence-electron chi connectivity index (χ2n) is 14.5. The number of hydrogen-bond donors (Lipinski definition) is 0. The summed E-state index contributed by atoms with van der Waals surface area (Å²) in [5.74, 6) is -6.21. The quantitative estimate of drug-likeness (QED) is 0.0398. The number of rotatable bonds is 15. The van der Waals surface area contributed by atoms with Crippen LogP contribution in [0, 0.1) is 41.5 Å². The van der Waals surface area contributed by atoms with E-state index in [2.05, 4.69) is 16.9 Å². The number of benzene rings is 4. The maximum Gasteiger partial charge on any atom is 0.249 e. The van der Waals surface area contributed by atoms with Crippen molar-refractivity contribution in [3.8, 4) is 18.1 Å². The minimum atomic E-state index is -5.40. The normalized spacial score (nSPS) is 15.6. The summed E-state index contributed by atoms with van der Waals surface area (Å²) in [5.41, 5.74) is 3.95. The van der Waals surface area contributed by atoms with Gasteiger partial charge in [-0.3, -0.25) is 9.59 Å². The number of halogens is 4. The van der Waals surface area contributed by atoms with Gasteiger partial charge in [-0.1, -0.05) is 30.2 Å². The highest BCUT2D eigenvalue weighted by Crippen LogP contribution is 2.43. The largest absolute Gasteiger partial charge is 0.492 e. The first-order valence-electron chi connectivity index (χ1n) is 18.8. The van der Waals surface area contributed by atoms with Gasteiger partial charge in [0, 0.05) is 48.4 Å². The Balaban J connectivity index is 1.34. The maximum atomic E-state index is 15.3. The van der Waals surface area contributed by atoms with Crippen molar-refractivity contribution in [2.45, 2.75) is 69.4 Å². The van der Waals surface area contributed by atoms with Crippen LogP contribution in [-0.4, -0.2) is 50.7 Å². The van der Waals surface area contributed by atoms with Crippen LogP contribution >= 0.6 is 0 Å². The summed E-state index contributed by atoms with van der Waals surface area (Å²) in [6.45, 7) is 1.95. The number of carbonyl (C=O) groups excluding carboxylic acids is 2. The lowest BCUT2D eigenvalue weighted by molar-refractivity contribution is -0.119. The summed E-state index contributed by atoms with van der Waals surface area (Å²) in [6, 6.07) is 17.1. The van der Waals surface area contributed by atoms with Gasteiger partial charge in [-0.25, -0.2) is 26.0 Å². The predicted molar refractivity (Wildman–Crippen MR) is 204 cm³/mol. The first-order valence-corrected chi connectivity index (χ1v) is 20.2. The number of anilines is 2. The zero-order valence-corrected chi connectivity index (χ0v) is 31.7. The minimum absolute atomic E-state index is 0.0530. The van der Waals surface area contributed by atoms with E-state index in [4.69, 9.17) is 11.2 Å². The number of amides is 1. The van der Waals surface area contributed by atoms with Crippen molar-refractivity contribution in [2.24, 2.45) is 5.92 Å². The Labute approximate surface area is 324 Å². The van der Waals surface area contributed by atoms with E-state index in [9.17, 15) is 26.8 Å². The van der Waals surface area contributed by atoms with Crippen molar-refractivity contribution in [2.75, 3.05) is 36.0 Å². The molecule has 3 aliphatic rings. The molecule has 2 saturated carbocycles. The number of nitrogens with zero attached hydrogens (tertiary/aromatic N) is 3. The van der Waals surface area contributed by atoms with E-state index >= 15 is 8.78 Å². The van der Waals surface area contributed by atoms with Crippen molar-refractivity contribution in [1.82, 2.24) is 4.31 Å². The van der Waals surface area contributed by atoms with E-state index in [-0.39, 0.29) is 53.5 Å². The summed E-state index contributed by atoms with van der Waals surface area (Å²) in [6.07, 6.45) is 11.4. The van der Waals surface area contributed by atoms with E-state index in [1.807, 2.05) is 12.1 Å². The monoisotopic (exact) mass is 787 g/mol. The Hall–Kier alpha value is -5.19. The molecule has 4 aromatic rings. The molecule has 3 fully saturated rings. The average molecular weight is 788 g/mol. The maximum absolute atomic E-state index is 15.3. The molecule has 8 nitrogen and oxygen atoms in total. The summed E-state index contributed by atoms with van der Waals surface area (Å²) < 4.78 is 94.0. The highest BCUT2D eigenvalue weighted by molar-refractivity contribution is 7.89. The van der Waals surface area contributed by atoms with Gasteiger partial charge in [0.25, 0.3) is 0 Å². The van der Waals surface area contributed by atoms with Crippen LogP contribution in [-0.2, 0) is 27.9 Å². The van der Waals surface area contributed by atoms with Crippen molar-refractivity contribution in [1.29, 1.82) is 0 Å². The van der Waals surface area contributed by atoms with Crippen LogP contribution in [0.2, 0.25) is 0 Å².